The van der Waals surface area contributed by atoms with E-state index in [-0.39, 0.29) is 11.0 Å². The fourth-order valence-corrected chi connectivity index (χ4v) is 5.33. The Labute approximate surface area is 135 Å². The monoisotopic (exact) mass is 350 g/mol. The van der Waals surface area contributed by atoms with Crippen LogP contribution in [0.1, 0.15) is 38.7 Å². The van der Waals surface area contributed by atoms with E-state index in [4.69, 9.17) is 4.74 Å². The van der Waals surface area contributed by atoms with Crippen LogP contribution in [0.15, 0.2) is 16.6 Å². The summed E-state index contributed by atoms with van der Waals surface area (Å²) in [6.07, 6.45) is 1.20. The van der Waals surface area contributed by atoms with Crippen LogP contribution in [0.25, 0.3) is 0 Å². The molecule has 0 spiro atoms. The Bertz CT molecular complexity index is 595. The molecule has 1 aromatic carbocycles. The summed E-state index contributed by atoms with van der Waals surface area (Å²) in [4.78, 5) is 2.68. The van der Waals surface area contributed by atoms with Crippen LogP contribution in [0.4, 0.5) is 5.69 Å². The Kier molecular flexibility index (Phi) is 2.90. The highest BCUT2D eigenvalue weighted by atomic mass is 79.9. The smallest absolute Gasteiger partial charge is 0.144 e. The third-order valence-electron chi connectivity index (χ3n) is 5.68. The Balaban J connectivity index is 1.98. The lowest BCUT2D eigenvalue weighted by molar-refractivity contribution is 0.109. The van der Waals surface area contributed by atoms with Crippen LogP contribution >= 0.6 is 15.9 Å². The van der Waals surface area contributed by atoms with Crippen LogP contribution in [0.2, 0.25) is 0 Å². The molecule has 0 unspecified atom stereocenters. The average Bonchev–Trinajstić information content (AvgIpc) is 2.72. The molecule has 1 fully saturated rings. The number of nitrogens with one attached hydrogen (secondary N) is 1. The lowest BCUT2D eigenvalue weighted by Crippen LogP contribution is -2.64. The number of nitrogens with zero attached hydrogens (tertiary/aromatic N) is 1. The number of hydrogen-bond donors (Lipinski definition) is 1. The van der Waals surface area contributed by atoms with Crippen molar-refractivity contribution in [1.82, 2.24) is 5.32 Å². The molecule has 1 saturated heterocycles. The number of rotatable bonds is 0. The molecule has 3 aliphatic heterocycles. The van der Waals surface area contributed by atoms with Crippen LogP contribution in [-0.4, -0.2) is 31.8 Å². The molecule has 0 aromatic heterocycles. The van der Waals surface area contributed by atoms with Gasteiger partial charge in [-0.1, -0.05) is 36.7 Å². The number of halogens is 1. The normalized spacial score (nSPS) is 30.7. The van der Waals surface area contributed by atoms with Crippen LogP contribution in [0.5, 0.6) is 5.75 Å². The van der Waals surface area contributed by atoms with Gasteiger partial charge < -0.3 is 15.0 Å². The van der Waals surface area contributed by atoms with Gasteiger partial charge in [-0.05, 0) is 36.1 Å². The maximum absolute atomic E-state index is 5.97. The number of anilines is 1. The Hall–Kier alpha value is -0.740. The van der Waals surface area contributed by atoms with Crippen molar-refractivity contribution in [1.29, 1.82) is 0 Å². The first kappa shape index (κ1) is 13.9. The lowest BCUT2D eigenvalue weighted by atomic mass is 9.62. The quantitative estimate of drug-likeness (QED) is 0.774. The highest BCUT2D eigenvalue weighted by molar-refractivity contribution is 9.10. The summed E-state index contributed by atoms with van der Waals surface area (Å²) >= 11 is 3.67. The van der Waals surface area contributed by atoms with Crippen molar-refractivity contribution in [2.75, 3.05) is 31.1 Å². The fourth-order valence-electron chi connectivity index (χ4n) is 4.88. The van der Waals surface area contributed by atoms with E-state index in [1.807, 2.05) is 0 Å². The second-order valence-electron chi connectivity index (χ2n) is 7.52. The van der Waals surface area contributed by atoms with Crippen LogP contribution in [0.3, 0.4) is 0 Å². The van der Waals surface area contributed by atoms with E-state index in [0.29, 0.717) is 5.92 Å². The Morgan fingerprint density at radius 2 is 2.19 bits per heavy atom. The topological polar surface area (TPSA) is 24.5 Å². The van der Waals surface area contributed by atoms with E-state index < -0.39 is 0 Å². The molecule has 1 N–H and O–H groups in total. The number of piperidine rings is 1. The standard InChI is InChI=1S/C17H23BrN2O/c1-16(2,3)17-4-5-19-10-13(17)12-8-11(18)9-14-15(12)20(17)6-7-21-14/h8-9,13,19H,4-7,10H2,1-3H3/t13-,17-/m0/s1. The van der Waals surface area contributed by atoms with Gasteiger partial charge in [-0.2, -0.15) is 0 Å². The van der Waals surface area contributed by atoms with Gasteiger partial charge in [0.1, 0.15) is 12.4 Å². The first-order chi connectivity index (χ1) is 9.95. The summed E-state index contributed by atoms with van der Waals surface area (Å²) in [5.74, 6) is 1.60. The molecule has 4 heteroatoms. The van der Waals surface area contributed by atoms with Crippen molar-refractivity contribution in [3.8, 4) is 5.75 Å². The molecule has 0 aliphatic carbocycles. The van der Waals surface area contributed by atoms with E-state index in [2.05, 4.69) is 59.1 Å². The third-order valence-corrected chi connectivity index (χ3v) is 6.13. The summed E-state index contributed by atoms with van der Waals surface area (Å²) in [5, 5.41) is 3.62. The summed E-state index contributed by atoms with van der Waals surface area (Å²) in [6, 6.07) is 4.44. The lowest BCUT2D eigenvalue weighted by Gasteiger charge is -2.55. The molecule has 3 nitrogen and oxygen atoms in total. The van der Waals surface area contributed by atoms with Gasteiger partial charge in [0.05, 0.1) is 17.8 Å². The summed E-state index contributed by atoms with van der Waals surface area (Å²) in [6.45, 7) is 11.2. The van der Waals surface area contributed by atoms with Gasteiger partial charge >= 0.3 is 0 Å². The molecule has 0 saturated carbocycles. The predicted molar refractivity (Wildman–Crippen MR) is 89.4 cm³/mol. The number of hydrogen-bond acceptors (Lipinski definition) is 3. The average molecular weight is 351 g/mol. The van der Waals surface area contributed by atoms with Gasteiger partial charge in [0.15, 0.2) is 0 Å². The van der Waals surface area contributed by atoms with Crippen molar-refractivity contribution in [3.05, 3.63) is 22.2 Å². The van der Waals surface area contributed by atoms with Crippen LogP contribution in [0, 0.1) is 5.41 Å². The third kappa shape index (κ3) is 1.69. The molecule has 1 aromatic rings. The van der Waals surface area contributed by atoms with Gasteiger partial charge in [0.25, 0.3) is 0 Å². The van der Waals surface area contributed by atoms with Gasteiger partial charge in [0.2, 0.25) is 0 Å². The second-order valence-corrected chi connectivity index (χ2v) is 8.44. The largest absolute Gasteiger partial charge is 0.490 e. The van der Waals surface area contributed by atoms with Crippen molar-refractivity contribution >= 4 is 21.6 Å². The molecule has 4 rings (SSSR count). The van der Waals surface area contributed by atoms with Gasteiger partial charge in [-0.3, -0.25) is 0 Å². The molecule has 2 atom stereocenters. The van der Waals surface area contributed by atoms with Gasteiger partial charge in [-0.15, -0.1) is 0 Å². The van der Waals surface area contributed by atoms with E-state index in [1.165, 1.54) is 17.7 Å². The minimum absolute atomic E-state index is 0.208. The summed E-state index contributed by atoms with van der Waals surface area (Å²) in [7, 11) is 0. The zero-order valence-electron chi connectivity index (χ0n) is 13.0. The summed E-state index contributed by atoms with van der Waals surface area (Å²) < 4.78 is 7.10. The van der Waals surface area contributed by atoms with Crippen molar-refractivity contribution in [3.63, 3.8) is 0 Å². The molecular weight excluding hydrogens is 328 g/mol. The van der Waals surface area contributed by atoms with Crippen LogP contribution in [-0.2, 0) is 0 Å². The number of benzene rings is 1. The van der Waals surface area contributed by atoms with Crippen molar-refractivity contribution in [2.45, 2.75) is 38.6 Å². The maximum Gasteiger partial charge on any atom is 0.144 e. The Morgan fingerprint density at radius 3 is 2.95 bits per heavy atom. The van der Waals surface area contributed by atoms with Gasteiger partial charge in [-0.25, -0.2) is 0 Å². The summed E-state index contributed by atoms with van der Waals surface area (Å²) in [5.41, 5.74) is 3.26. The predicted octanol–water partition coefficient (Wildman–Crippen LogP) is 3.52. The van der Waals surface area contributed by atoms with E-state index in [0.717, 1.165) is 36.5 Å². The molecular formula is C17H23BrN2O. The molecule has 3 heterocycles. The van der Waals surface area contributed by atoms with Gasteiger partial charge in [0, 0.05) is 16.9 Å². The highest BCUT2D eigenvalue weighted by Gasteiger charge is 2.59. The van der Waals surface area contributed by atoms with Crippen molar-refractivity contribution < 1.29 is 4.74 Å². The first-order valence-electron chi connectivity index (χ1n) is 7.90. The molecule has 114 valence electrons. The second kappa shape index (κ2) is 4.39. The SMILES string of the molecule is CC(C)(C)[C@]12CCNC[C@H]1c1cc(Br)cc3c1N2CCO3. The first-order valence-corrected chi connectivity index (χ1v) is 8.69. The molecule has 3 aliphatic rings. The number of fused-ring (bicyclic) bond motifs is 3. The van der Waals surface area contributed by atoms with E-state index in [1.54, 1.807) is 0 Å². The van der Waals surface area contributed by atoms with E-state index in [9.17, 15) is 0 Å². The molecule has 0 bridgehead atoms. The zero-order chi connectivity index (χ0) is 14.8. The zero-order valence-corrected chi connectivity index (χ0v) is 14.6. The minimum Gasteiger partial charge on any atom is -0.490 e. The van der Waals surface area contributed by atoms with Crippen molar-refractivity contribution in [2.24, 2.45) is 5.41 Å². The molecule has 0 amide bonds. The maximum atomic E-state index is 5.97. The van der Waals surface area contributed by atoms with Crippen LogP contribution < -0.4 is 15.0 Å². The minimum atomic E-state index is 0.208. The number of ether oxygens (including phenoxy) is 1. The molecule has 21 heavy (non-hydrogen) atoms. The molecule has 0 radical (unpaired) electrons. The Morgan fingerprint density at radius 1 is 1.38 bits per heavy atom. The van der Waals surface area contributed by atoms with E-state index >= 15 is 0 Å². The fraction of sp³-hybridized carbons (Fsp3) is 0.647. The highest BCUT2D eigenvalue weighted by Crippen LogP contribution is 2.61.